The van der Waals surface area contributed by atoms with Gasteiger partial charge in [0.2, 0.25) is 0 Å². The average molecular weight is 249 g/mol. The summed E-state index contributed by atoms with van der Waals surface area (Å²) in [6.07, 6.45) is 2.89. The molecule has 0 saturated heterocycles. The maximum absolute atomic E-state index is 3.51. The molecule has 0 unspecified atom stereocenters. The zero-order valence-corrected chi connectivity index (χ0v) is 11.9. The van der Waals surface area contributed by atoms with Crippen LogP contribution < -0.4 is 5.32 Å². The molecule has 0 radical (unpaired) electrons. The molecule has 0 atom stereocenters. The molecule has 0 aliphatic heterocycles. The Balaban J connectivity index is 1.79. The third kappa shape index (κ3) is 5.13. The van der Waals surface area contributed by atoms with Crippen LogP contribution >= 0.6 is 11.8 Å². The molecule has 2 rings (SSSR count). The number of rotatable bonds is 5. The summed E-state index contributed by atoms with van der Waals surface area (Å²) < 4.78 is 0. The first-order chi connectivity index (χ1) is 8.03. The zero-order chi connectivity index (χ0) is 12.3. The topological polar surface area (TPSA) is 12.0 Å². The van der Waals surface area contributed by atoms with Crippen molar-refractivity contribution >= 4 is 11.8 Å². The van der Waals surface area contributed by atoms with Gasteiger partial charge in [-0.2, -0.15) is 0 Å². The molecule has 1 aromatic carbocycles. The number of nitrogens with one attached hydrogen (secondary N) is 1. The lowest BCUT2D eigenvalue weighted by Gasteiger charge is -2.20. The highest BCUT2D eigenvalue weighted by atomic mass is 32.2. The molecule has 1 nitrogen and oxygen atoms in total. The quantitative estimate of drug-likeness (QED) is 0.789. The van der Waals surface area contributed by atoms with Gasteiger partial charge in [-0.25, -0.2) is 0 Å². The number of hydrogen-bond acceptors (Lipinski definition) is 2. The predicted molar refractivity (Wildman–Crippen MR) is 76.5 cm³/mol. The average Bonchev–Trinajstić information content (AvgIpc) is 3.08. The van der Waals surface area contributed by atoms with Gasteiger partial charge < -0.3 is 5.32 Å². The monoisotopic (exact) mass is 249 g/mol. The van der Waals surface area contributed by atoms with Gasteiger partial charge in [-0.05, 0) is 57.2 Å². The second kappa shape index (κ2) is 5.45. The molecule has 17 heavy (non-hydrogen) atoms. The van der Waals surface area contributed by atoms with Gasteiger partial charge in [-0.3, -0.25) is 0 Å². The minimum absolute atomic E-state index is 0.194. The molecule has 0 heterocycles. The van der Waals surface area contributed by atoms with Crippen LogP contribution in [0, 0.1) is 5.92 Å². The molecule has 1 aromatic rings. The summed E-state index contributed by atoms with van der Waals surface area (Å²) in [7, 11) is 0. The van der Waals surface area contributed by atoms with Crippen molar-refractivity contribution in [1.82, 2.24) is 5.32 Å². The van der Waals surface area contributed by atoms with E-state index in [1.807, 2.05) is 11.8 Å². The summed E-state index contributed by atoms with van der Waals surface area (Å²) in [6.45, 7) is 7.56. The summed E-state index contributed by atoms with van der Waals surface area (Å²) in [5.41, 5.74) is 1.56. The van der Waals surface area contributed by atoms with Crippen LogP contribution in [0.25, 0.3) is 0 Å². The Morgan fingerprint density at radius 1 is 1.18 bits per heavy atom. The fourth-order valence-electron chi connectivity index (χ4n) is 1.57. The first kappa shape index (κ1) is 13.0. The van der Waals surface area contributed by atoms with Gasteiger partial charge >= 0.3 is 0 Å². The Morgan fingerprint density at radius 3 is 2.35 bits per heavy atom. The third-order valence-corrected chi connectivity index (χ3v) is 4.17. The Bertz CT molecular complexity index is 346. The van der Waals surface area contributed by atoms with Crippen molar-refractivity contribution in [2.75, 3.05) is 5.75 Å². The van der Waals surface area contributed by atoms with E-state index in [-0.39, 0.29) is 5.54 Å². The van der Waals surface area contributed by atoms with Gasteiger partial charge in [-0.1, -0.05) is 12.1 Å². The Hall–Kier alpha value is -0.470. The maximum Gasteiger partial charge on any atom is 0.0210 e. The van der Waals surface area contributed by atoms with Gasteiger partial charge in [-0.15, -0.1) is 11.8 Å². The van der Waals surface area contributed by atoms with E-state index in [4.69, 9.17) is 0 Å². The van der Waals surface area contributed by atoms with Crippen LogP contribution in [0.15, 0.2) is 29.2 Å². The summed E-state index contributed by atoms with van der Waals surface area (Å²) in [6, 6.07) is 9.00. The standard InChI is InChI=1S/C15H23NS/c1-15(2,3)16-10-12-6-8-14(9-7-12)17-11-13-4-5-13/h6-9,13,16H,4-5,10-11H2,1-3H3. The van der Waals surface area contributed by atoms with Gasteiger partial charge in [0.1, 0.15) is 0 Å². The summed E-state index contributed by atoms with van der Waals surface area (Å²) in [5, 5.41) is 3.51. The van der Waals surface area contributed by atoms with Crippen molar-refractivity contribution in [3.63, 3.8) is 0 Å². The number of benzene rings is 1. The fraction of sp³-hybridized carbons (Fsp3) is 0.600. The van der Waals surface area contributed by atoms with Crippen LogP contribution in [0.4, 0.5) is 0 Å². The zero-order valence-electron chi connectivity index (χ0n) is 11.1. The van der Waals surface area contributed by atoms with E-state index in [2.05, 4.69) is 50.4 Å². The minimum Gasteiger partial charge on any atom is -0.308 e. The van der Waals surface area contributed by atoms with Crippen molar-refractivity contribution in [2.45, 2.75) is 50.6 Å². The van der Waals surface area contributed by atoms with Crippen LogP contribution in [0.5, 0.6) is 0 Å². The van der Waals surface area contributed by atoms with E-state index >= 15 is 0 Å². The Kier molecular flexibility index (Phi) is 4.16. The first-order valence-corrected chi connectivity index (χ1v) is 7.48. The normalized spacial score (nSPS) is 16.2. The van der Waals surface area contributed by atoms with Crippen LogP contribution in [0.1, 0.15) is 39.2 Å². The lowest BCUT2D eigenvalue weighted by Crippen LogP contribution is -2.35. The molecule has 94 valence electrons. The molecule has 0 bridgehead atoms. The highest BCUT2D eigenvalue weighted by Crippen LogP contribution is 2.34. The summed E-state index contributed by atoms with van der Waals surface area (Å²) >= 11 is 2.00. The number of thioether (sulfide) groups is 1. The molecule has 1 fully saturated rings. The van der Waals surface area contributed by atoms with Crippen LogP contribution in [-0.4, -0.2) is 11.3 Å². The molecule has 2 heteroatoms. The van der Waals surface area contributed by atoms with Gasteiger partial charge in [0.05, 0.1) is 0 Å². The molecule has 1 saturated carbocycles. The summed E-state index contributed by atoms with van der Waals surface area (Å²) in [5.74, 6) is 2.31. The highest BCUT2D eigenvalue weighted by Gasteiger charge is 2.20. The van der Waals surface area contributed by atoms with Gasteiger partial charge in [0, 0.05) is 22.7 Å². The van der Waals surface area contributed by atoms with E-state index in [0.717, 1.165) is 12.5 Å². The van der Waals surface area contributed by atoms with Crippen LogP contribution in [0.3, 0.4) is 0 Å². The van der Waals surface area contributed by atoms with Crippen molar-refractivity contribution in [3.8, 4) is 0 Å². The van der Waals surface area contributed by atoms with Crippen molar-refractivity contribution in [1.29, 1.82) is 0 Å². The molecular weight excluding hydrogens is 226 g/mol. The van der Waals surface area contributed by atoms with Crippen LogP contribution in [-0.2, 0) is 6.54 Å². The van der Waals surface area contributed by atoms with E-state index in [0.29, 0.717) is 0 Å². The third-order valence-electron chi connectivity index (χ3n) is 2.93. The second-order valence-corrected chi connectivity index (χ2v) is 7.10. The van der Waals surface area contributed by atoms with Crippen molar-refractivity contribution in [3.05, 3.63) is 29.8 Å². The smallest absolute Gasteiger partial charge is 0.0210 e. The van der Waals surface area contributed by atoms with E-state index in [1.54, 1.807) is 0 Å². The van der Waals surface area contributed by atoms with Crippen molar-refractivity contribution in [2.24, 2.45) is 5.92 Å². The minimum atomic E-state index is 0.194. The molecule has 1 aliphatic rings. The maximum atomic E-state index is 3.51. The predicted octanol–water partition coefficient (Wildman–Crippen LogP) is 4.08. The molecule has 0 spiro atoms. The largest absolute Gasteiger partial charge is 0.308 e. The van der Waals surface area contributed by atoms with Gasteiger partial charge in [0.15, 0.2) is 0 Å². The SMILES string of the molecule is CC(C)(C)NCc1ccc(SCC2CC2)cc1. The van der Waals surface area contributed by atoms with Crippen LogP contribution in [0.2, 0.25) is 0 Å². The van der Waals surface area contributed by atoms with Gasteiger partial charge in [0.25, 0.3) is 0 Å². The molecule has 0 aromatic heterocycles. The molecule has 1 aliphatic carbocycles. The molecule has 1 N–H and O–H groups in total. The Labute approximate surface area is 109 Å². The molecule has 0 amide bonds. The molecular formula is C15H23NS. The lowest BCUT2D eigenvalue weighted by atomic mass is 10.1. The summed E-state index contributed by atoms with van der Waals surface area (Å²) in [4.78, 5) is 1.41. The fourth-order valence-corrected chi connectivity index (χ4v) is 2.66. The van der Waals surface area contributed by atoms with E-state index in [9.17, 15) is 0 Å². The lowest BCUT2D eigenvalue weighted by molar-refractivity contribution is 0.424. The number of hydrogen-bond donors (Lipinski definition) is 1. The van der Waals surface area contributed by atoms with Crippen molar-refractivity contribution < 1.29 is 0 Å². The highest BCUT2D eigenvalue weighted by molar-refractivity contribution is 7.99. The van der Waals surface area contributed by atoms with E-state index in [1.165, 1.54) is 29.1 Å². The second-order valence-electron chi connectivity index (χ2n) is 6.00. The Morgan fingerprint density at radius 2 is 1.82 bits per heavy atom. The van der Waals surface area contributed by atoms with E-state index < -0.39 is 0 Å². The first-order valence-electron chi connectivity index (χ1n) is 6.50.